The highest BCUT2D eigenvalue weighted by Gasteiger charge is 2.24. The van der Waals surface area contributed by atoms with Gasteiger partial charge in [0.25, 0.3) is 5.91 Å². The predicted molar refractivity (Wildman–Crippen MR) is 128 cm³/mol. The van der Waals surface area contributed by atoms with Crippen molar-refractivity contribution in [2.75, 3.05) is 37.1 Å². The fourth-order valence-electron chi connectivity index (χ4n) is 3.83. The summed E-state index contributed by atoms with van der Waals surface area (Å²) in [5.74, 6) is -0.478. The fraction of sp³-hybridized carbons (Fsp3) is 0.250. The summed E-state index contributed by atoms with van der Waals surface area (Å²) in [6.45, 7) is 1.93. The minimum absolute atomic E-state index is 0.370. The topological polar surface area (TPSA) is 76.1 Å². The van der Waals surface area contributed by atoms with Crippen LogP contribution in [0, 0.1) is 0 Å². The molecule has 166 valence electrons. The number of likely N-dealkylation sites (N-methyl/N-ethyl adjacent to an activating group) is 1. The molecule has 1 fully saturated rings. The Balaban J connectivity index is 1.43. The maximum atomic E-state index is 12.7. The van der Waals surface area contributed by atoms with E-state index in [2.05, 4.69) is 29.3 Å². The van der Waals surface area contributed by atoms with E-state index in [9.17, 15) is 14.7 Å². The van der Waals surface area contributed by atoms with E-state index in [1.165, 1.54) is 0 Å². The van der Waals surface area contributed by atoms with Crippen LogP contribution in [0.2, 0.25) is 0 Å². The Labute approximate surface area is 191 Å². The molecule has 2 heterocycles. The number of carbonyl (C=O) groups excluding carboxylic acids is 1. The third kappa shape index (κ3) is 4.76. The van der Waals surface area contributed by atoms with Gasteiger partial charge in [0.2, 0.25) is 0 Å². The first-order chi connectivity index (χ1) is 15.4. The van der Waals surface area contributed by atoms with Crippen LogP contribution in [-0.2, 0) is 0 Å². The standard InChI is InChI=1S/C24H26N4O3S/c1-26(2)21-13-14-27(16-21)19-9-7-18(8-10-19)23(29)25-28(24(30)31)20-11-5-17(6-12-20)22-4-3-15-32-22/h3-12,15,21H,13-14,16H2,1-2H3,(H,25,29)(H,30,31). The van der Waals surface area contributed by atoms with Crippen LogP contribution in [0.15, 0.2) is 66.0 Å². The molecule has 2 N–H and O–H groups in total. The highest BCUT2D eigenvalue weighted by atomic mass is 32.1. The summed E-state index contributed by atoms with van der Waals surface area (Å²) in [7, 11) is 4.18. The Kier molecular flexibility index (Phi) is 6.43. The van der Waals surface area contributed by atoms with Gasteiger partial charge in [-0.05, 0) is 73.9 Å². The number of benzene rings is 2. The van der Waals surface area contributed by atoms with E-state index in [-0.39, 0.29) is 0 Å². The average Bonchev–Trinajstić information content (AvgIpc) is 3.50. The smallest absolute Gasteiger partial charge is 0.431 e. The van der Waals surface area contributed by atoms with Crippen LogP contribution < -0.4 is 15.3 Å². The van der Waals surface area contributed by atoms with Crippen molar-refractivity contribution in [3.8, 4) is 10.4 Å². The van der Waals surface area contributed by atoms with Crippen LogP contribution in [0.3, 0.4) is 0 Å². The zero-order valence-corrected chi connectivity index (χ0v) is 18.9. The van der Waals surface area contributed by atoms with E-state index in [4.69, 9.17) is 0 Å². The molecule has 0 radical (unpaired) electrons. The molecule has 0 saturated carbocycles. The van der Waals surface area contributed by atoms with Gasteiger partial charge < -0.3 is 14.9 Å². The molecule has 7 nitrogen and oxygen atoms in total. The average molecular weight is 451 g/mol. The van der Waals surface area contributed by atoms with Crippen LogP contribution >= 0.6 is 11.3 Å². The summed E-state index contributed by atoms with van der Waals surface area (Å²) in [5.41, 5.74) is 5.32. The SMILES string of the molecule is CN(C)C1CCN(c2ccc(C(=O)NN(C(=O)O)c3ccc(-c4cccs4)cc3)cc2)C1. The lowest BCUT2D eigenvalue weighted by molar-refractivity contribution is 0.0944. The molecule has 0 aliphatic carbocycles. The number of nitrogens with one attached hydrogen (secondary N) is 1. The maximum absolute atomic E-state index is 12.7. The first kappa shape index (κ1) is 21.9. The highest BCUT2D eigenvalue weighted by molar-refractivity contribution is 7.13. The maximum Gasteiger partial charge on any atom is 0.431 e. The molecular formula is C24H26N4O3S. The van der Waals surface area contributed by atoms with Crippen molar-refractivity contribution in [3.05, 3.63) is 71.6 Å². The van der Waals surface area contributed by atoms with E-state index in [0.717, 1.165) is 40.6 Å². The van der Waals surface area contributed by atoms with Crippen LogP contribution in [0.5, 0.6) is 0 Å². The summed E-state index contributed by atoms with van der Waals surface area (Å²) in [4.78, 5) is 30.1. The minimum atomic E-state index is -1.26. The van der Waals surface area contributed by atoms with Gasteiger partial charge in [-0.25, -0.2) is 4.79 Å². The number of rotatable bonds is 5. The van der Waals surface area contributed by atoms with E-state index in [1.54, 1.807) is 35.6 Å². The van der Waals surface area contributed by atoms with Gasteiger partial charge in [-0.1, -0.05) is 18.2 Å². The lowest BCUT2D eigenvalue weighted by Gasteiger charge is -2.22. The fourth-order valence-corrected chi connectivity index (χ4v) is 4.56. The molecule has 3 aromatic rings. The Morgan fingerprint density at radius 1 is 1.06 bits per heavy atom. The molecule has 1 aliphatic rings. The zero-order valence-electron chi connectivity index (χ0n) is 18.1. The van der Waals surface area contributed by atoms with Crippen molar-refractivity contribution >= 4 is 34.7 Å². The van der Waals surface area contributed by atoms with E-state index < -0.39 is 12.0 Å². The van der Waals surface area contributed by atoms with Gasteiger partial charge in [0.15, 0.2) is 0 Å². The minimum Gasteiger partial charge on any atom is -0.463 e. The second-order valence-corrected chi connectivity index (χ2v) is 8.93. The number of hydrogen-bond donors (Lipinski definition) is 2. The summed E-state index contributed by atoms with van der Waals surface area (Å²) in [6.07, 6.45) is -0.153. The highest BCUT2D eigenvalue weighted by Crippen LogP contribution is 2.27. The first-order valence-corrected chi connectivity index (χ1v) is 11.3. The van der Waals surface area contributed by atoms with Crippen molar-refractivity contribution in [3.63, 3.8) is 0 Å². The van der Waals surface area contributed by atoms with E-state index in [1.807, 2.05) is 41.8 Å². The van der Waals surface area contributed by atoms with Crippen molar-refractivity contribution in [1.29, 1.82) is 0 Å². The van der Waals surface area contributed by atoms with Gasteiger partial charge in [0.1, 0.15) is 0 Å². The van der Waals surface area contributed by atoms with Crippen molar-refractivity contribution in [2.24, 2.45) is 0 Å². The number of anilines is 2. The lowest BCUT2D eigenvalue weighted by Crippen LogP contribution is -2.45. The normalized spacial score (nSPS) is 15.7. The summed E-state index contributed by atoms with van der Waals surface area (Å²) >= 11 is 1.61. The summed E-state index contributed by atoms with van der Waals surface area (Å²) in [6, 6.07) is 18.8. The van der Waals surface area contributed by atoms with E-state index >= 15 is 0 Å². The Hall–Kier alpha value is -3.36. The number of carboxylic acid groups (broad SMARTS) is 1. The number of hydrazine groups is 1. The number of thiophene rings is 1. The van der Waals surface area contributed by atoms with Crippen LogP contribution in [0.25, 0.3) is 10.4 Å². The molecular weight excluding hydrogens is 424 g/mol. The van der Waals surface area contributed by atoms with Gasteiger partial charge in [-0.15, -0.1) is 11.3 Å². The molecule has 1 atom stereocenters. The van der Waals surface area contributed by atoms with Crippen molar-refractivity contribution in [2.45, 2.75) is 12.5 Å². The monoisotopic (exact) mass is 450 g/mol. The molecule has 1 aromatic heterocycles. The molecule has 2 amide bonds. The molecule has 2 aromatic carbocycles. The zero-order chi connectivity index (χ0) is 22.7. The number of carbonyl (C=O) groups is 2. The predicted octanol–water partition coefficient (Wildman–Crippen LogP) is 4.38. The van der Waals surface area contributed by atoms with Gasteiger partial charge in [0.05, 0.1) is 5.69 Å². The third-order valence-corrected chi connectivity index (χ3v) is 6.64. The lowest BCUT2D eigenvalue weighted by atomic mass is 10.1. The number of hydrogen-bond acceptors (Lipinski definition) is 5. The third-order valence-electron chi connectivity index (χ3n) is 5.72. The largest absolute Gasteiger partial charge is 0.463 e. The molecule has 8 heteroatoms. The van der Waals surface area contributed by atoms with Crippen LogP contribution in [0.4, 0.5) is 16.2 Å². The van der Waals surface area contributed by atoms with E-state index in [0.29, 0.717) is 17.3 Å². The van der Waals surface area contributed by atoms with Crippen molar-refractivity contribution in [1.82, 2.24) is 10.3 Å². The molecule has 4 rings (SSSR count). The van der Waals surface area contributed by atoms with Crippen LogP contribution in [-0.4, -0.2) is 55.2 Å². The molecule has 0 spiro atoms. The number of nitrogens with zero attached hydrogens (tertiary/aromatic N) is 3. The van der Waals surface area contributed by atoms with Crippen LogP contribution in [0.1, 0.15) is 16.8 Å². The Morgan fingerprint density at radius 2 is 1.78 bits per heavy atom. The summed E-state index contributed by atoms with van der Waals surface area (Å²) < 4.78 is 0. The molecule has 0 bridgehead atoms. The second kappa shape index (κ2) is 9.42. The molecule has 32 heavy (non-hydrogen) atoms. The van der Waals surface area contributed by atoms with Gasteiger partial charge >= 0.3 is 6.09 Å². The Bertz CT molecular complexity index is 1070. The molecule has 1 saturated heterocycles. The van der Waals surface area contributed by atoms with Crippen molar-refractivity contribution < 1.29 is 14.7 Å². The second-order valence-electron chi connectivity index (χ2n) is 7.98. The van der Waals surface area contributed by atoms with Gasteiger partial charge in [-0.2, -0.15) is 5.01 Å². The van der Waals surface area contributed by atoms with Gasteiger partial charge in [-0.3, -0.25) is 10.2 Å². The number of amides is 2. The molecule has 1 unspecified atom stereocenters. The first-order valence-electron chi connectivity index (χ1n) is 10.4. The quantitative estimate of drug-likeness (QED) is 0.564. The summed E-state index contributed by atoms with van der Waals surface area (Å²) in [5, 5.41) is 12.5. The van der Waals surface area contributed by atoms with Gasteiger partial charge in [0, 0.05) is 35.3 Å². The molecule has 1 aliphatic heterocycles. The Morgan fingerprint density at radius 3 is 2.34 bits per heavy atom.